The Morgan fingerprint density at radius 3 is 2.81 bits per heavy atom. The van der Waals surface area contributed by atoms with Crippen molar-refractivity contribution < 1.29 is 4.74 Å². The Balaban J connectivity index is 1.96. The summed E-state index contributed by atoms with van der Waals surface area (Å²) in [5.74, 6) is 3.38. The first-order valence-electron chi connectivity index (χ1n) is 6.35. The van der Waals surface area contributed by atoms with Gasteiger partial charge in [0.25, 0.3) is 0 Å². The highest BCUT2D eigenvalue weighted by molar-refractivity contribution is 7.99. The van der Waals surface area contributed by atoms with Gasteiger partial charge in [-0.2, -0.15) is 11.8 Å². The molecule has 0 aliphatic carbocycles. The van der Waals surface area contributed by atoms with Crippen LogP contribution in [-0.2, 0) is 4.74 Å². The average Bonchev–Trinajstić information content (AvgIpc) is 2.90. The number of hydrogen-bond donors (Lipinski definition) is 1. The van der Waals surface area contributed by atoms with Crippen LogP contribution in [0.3, 0.4) is 0 Å². The number of likely N-dealkylation sites (N-methyl/N-ethyl adjacent to an activating group) is 1. The fraction of sp³-hybridized carbons (Fsp3) is 1.00. The van der Waals surface area contributed by atoms with Crippen molar-refractivity contribution in [3.05, 3.63) is 0 Å². The first-order chi connectivity index (χ1) is 7.74. The van der Waals surface area contributed by atoms with Crippen molar-refractivity contribution in [2.45, 2.75) is 38.0 Å². The summed E-state index contributed by atoms with van der Waals surface area (Å²) in [5, 5.41) is 0. The van der Waals surface area contributed by atoms with Gasteiger partial charge >= 0.3 is 0 Å². The van der Waals surface area contributed by atoms with Gasteiger partial charge in [0.05, 0.1) is 6.10 Å². The van der Waals surface area contributed by atoms with E-state index < -0.39 is 0 Å². The lowest BCUT2D eigenvalue weighted by Crippen LogP contribution is -2.50. The lowest BCUT2D eigenvalue weighted by Gasteiger charge is -2.37. The van der Waals surface area contributed by atoms with Crippen LogP contribution >= 0.6 is 11.8 Å². The molecular weight excluding hydrogens is 220 g/mol. The maximum Gasteiger partial charge on any atom is 0.0703 e. The minimum absolute atomic E-state index is 0.369. The van der Waals surface area contributed by atoms with Gasteiger partial charge < -0.3 is 10.5 Å². The van der Waals surface area contributed by atoms with Crippen LogP contribution in [0.4, 0.5) is 0 Å². The summed E-state index contributed by atoms with van der Waals surface area (Å²) in [6.45, 7) is 3.88. The Labute approximate surface area is 103 Å². The van der Waals surface area contributed by atoms with Crippen molar-refractivity contribution in [2.24, 2.45) is 11.7 Å². The third-order valence-electron chi connectivity index (χ3n) is 4.13. The molecule has 4 unspecified atom stereocenters. The molecule has 2 fully saturated rings. The Hall–Kier alpha value is 0.230. The van der Waals surface area contributed by atoms with Crippen molar-refractivity contribution in [3.63, 3.8) is 0 Å². The molecule has 0 aromatic carbocycles. The summed E-state index contributed by atoms with van der Waals surface area (Å²) in [7, 11) is 2.23. The van der Waals surface area contributed by atoms with E-state index in [0.717, 1.165) is 25.5 Å². The summed E-state index contributed by atoms with van der Waals surface area (Å²) in [4.78, 5) is 2.49. The highest BCUT2D eigenvalue weighted by atomic mass is 32.2. The molecule has 2 saturated heterocycles. The molecule has 3 nitrogen and oxygen atoms in total. The molecule has 0 aromatic rings. The van der Waals surface area contributed by atoms with E-state index in [1.54, 1.807) is 0 Å². The summed E-state index contributed by atoms with van der Waals surface area (Å²) in [6, 6.07) is 1.11. The summed E-state index contributed by atoms with van der Waals surface area (Å²) in [5.41, 5.74) is 5.97. The van der Waals surface area contributed by atoms with Gasteiger partial charge in [-0.3, -0.25) is 4.90 Å². The second-order valence-corrected chi connectivity index (χ2v) is 6.17. The summed E-state index contributed by atoms with van der Waals surface area (Å²) in [6.07, 6.45) is 2.86. The normalized spacial score (nSPS) is 37.1. The molecule has 0 spiro atoms. The van der Waals surface area contributed by atoms with E-state index in [4.69, 9.17) is 10.5 Å². The number of nitrogens with two attached hydrogens (primary N) is 1. The first kappa shape index (κ1) is 12.7. The number of thioether (sulfide) groups is 1. The topological polar surface area (TPSA) is 38.5 Å². The molecule has 4 atom stereocenters. The van der Waals surface area contributed by atoms with Crippen LogP contribution in [0.2, 0.25) is 0 Å². The minimum atomic E-state index is 0.369. The first-order valence-corrected chi connectivity index (χ1v) is 7.51. The molecule has 94 valence electrons. The lowest BCUT2D eigenvalue weighted by atomic mass is 9.95. The highest BCUT2D eigenvalue weighted by Gasteiger charge is 2.35. The van der Waals surface area contributed by atoms with Crippen LogP contribution in [0.15, 0.2) is 0 Å². The van der Waals surface area contributed by atoms with Gasteiger partial charge in [0.2, 0.25) is 0 Å². The maximum atomic E-state index is 5.97. The van der Waals surface area contributed by atoms with E-state index in [9.17, 15) is 0 Å². The van der Waals surface area contributed by atoms with Crippen LogP contribution in [0.25, 0.3) is 0 Å². The molecule has 0 saturated carbocycles. The monoisotopic (exact) mass is 244 g/mol. The molecule has 2 aliphatic rings. The van der Waals surface area contributed by atoms with Crippen molar-refractivity contribution >= 4 is 11.8 Å². The van der Waals surface area contributed by atoms with Crippen LogP contribution in [0.1, 0.15) is 19.8 Å². The molecule has 0 bridgehead atoms. The van der Waals surface area contributed by atoms with Gasteiger partial charge in [0.1, 0.15) is 0 Å². The van der Waals surface area contributed by atoms with Crippen LogP contribution < -0.4 is 5.73 Å². The van der Waals surface area contributed by atoms with Gasteiger partial charge in [-0.1, -0.05) is 0 Å². The number of rotatable bonds is 4. The fourth-order valence-corrected chi connectivity index (χ4v) is 4.38. The van der Waals surface area contributed by atoms with Gasteiger partial charge in [0.15, 0.2) is 0 Å². The van der Waals surface area contributed by atoms with E-state index in [-0.39, 0.29) is 0 Å². The van der Waals surface area contributed by atoms with E-state index >= 15 is 0 Å². The van der Waals surface area contributed by atoms with Gasteiger partial charge in [-0.15, -0.1) is 0 Å². The molecule has 16 heavy (non-hydrogen) atoms. The lowest BCUT2D eigenvalue weighted by molar-refractivity contribution is 0.0576. The molecule has 2 heterocycles. The minimum Gasteiger partial charge on any atom is -0.377 e. The SMILES string of the molecule is CC1OCCC1N(C)C(CN)C1CCSC1. The zero-order chi connectivity index (χ0) is 11.5. The number of hydrogen-bond acceptors (Lipinski definition) is 4. The molecule has 0 aromatic heterocycles. The standard InChI is InChI=1S/C12H24N2OS/c1-9-11(3-5-15-9)14(2)12(7-13)10-4-6-16-8-10/h9-12H,3-8,13H2,1-2H3. The van der Waals surface area contributed by atoms with Crippen LogP contribution in [0.5, 0.6) is 0 Å². The molecule has 2 rings (SSSR count). The zero-order valence-corrected chi connectivity index (χ0v) is 11.2. The van der Waals surface area contributed by atoms with Crippen molar-refractivity contribution in [1.82, 2.24) is 4.90 Å². The zero-order valence-electron chi connectivity index (χ0n) is 10.4. The van der Waals surface area contributed by atoms with Gasteiger partial charge in [-0.25, -0.2) is 0 Å². The fourth-order valence-electron chi connectivity index (χ4n) is 3.05. The molecule has 4 heteroatoms. The maximum absolute atomic E-state index is 5.97. The third kappa shape index (κ3) is 2.55. The predicted octanol–water partition coefficient (Wildman–Crippen LogP) is 1.18. The quantitative estimate of drug-likeness (QED) is 0.806. The Kier molecular flexibility index (Phi) is 4.53. The smallest absolute Gasteiger partial charge is 0.0703 e. The molecule has 0 amide bonds. The molecule has 2 N–H and O–H groups in total. The summed E-state index contributed by atoms with van der Waals surface area (Å²) < 4.78 is 5.66. The molecule has 0 radical (unpaired) electrons. The van der Waals surface area contributed by atoms with Crippen LogP contribution in [-0.4, -0.2) is 54.8 Å². The van der Waals surface area contributed by atoms with Gasteiger partial charge in [0, 0.05) is 25.2 Å². The molecule has 2 aliphatic heterocycles. The van der Waals surface area contributed by atoms with Gasteiger partial charge in [-0.05, 0) is 44.2 Å². The Morgan fingerprint density at radius 1 is 1.50 bits per heavy atom. The Bertz CT molecular complexity index is 221. The van der Waals surface area contributed by atoms with Crippen LogP contribution in [0, 0.1) is 5.92 Å². The van der Waals surface area contributed by atoms with E-state index in [2.05, 4.69) is 30.6 Å². The highest BCUT2D eigenvalue weighted by Crippen LogP contribution is 2.30. The second-order valence-electron chi connectivity index (χ2n) is 5.02. The number of ether oxygens (including phenoxy) is 1. The largest absolute Gasteiger partial charge is 0.377 e. The van der Waals surface area contributed by atoms with Crippen molar-refractivity contribution in [1.29, 1.82) is 0 Å². The average molecular weight is 244 g/mol. The second kappa shape index (κ2) is 5.71. The number of nitrogens with zero attached hydrogens (tertiary/aromatic N) is 1. The van der Waals surface area contributed by atoms with Crippen molar-refractivity contribution in [2.75, 3.05) is 31.7 Å². The van der Waals surface area contributed by atoms with E-state index in [1.807, 2.05) is 0 Å². The van der Waals surface area contributed by atoms with E-state index in [1.165, 1.54) is 17.9 Å². The molecular formula is C12H24N2OS. The van der Waals surface area contributed by atoms with E-state index in [0.29, 0.717) is 18.2 Å². The van der Waals surface area contributed by atoms with Crippen molar-refractivity contribution in [3.8, 4) is 0 Å². The summed E-state index contributed by atoms with van der Waals surface area (Å²) >= 11 is 2.07. The Morgan fingerprint density at radius 2 is 2.31 bits per heavy atom. The third-order valence-corrected chi connectivity index (χ3v) is 5.32. The predicted molar refractivity (Wildman–Crippen MR) is 69.9 cm³/mol.